The Balaban J connectivity index is 2.15. The third-order valence-corrected chi connectivity index (χ3v) is 3.27. The summed E-state index contributed by atoms with van der Waals surface area (Å²) in [5.74, 6) is 3.12. The Hall–Kier alpha value is -1.01. The summed E-state index contributed by atoms with van der Waals surface area (Å²) in [7, 11) is 0. The third-order valence-electron chi connectivity index (χ3n) is 3.27. The Morgan fingerprint density at radius 3 is 2.67 bits per heavy atom. The number of terminal acetylenes is 1. The molecule has 1 amide bonds. The van der Waals surface area contributed by atoms with Crippen LogP contribution in [0.3, 0.4) is 0 Å². The second-order valence-electron chi connectivity index (χ2n) is 4.60. The van der Waals surface area contributed by atoms with Gasteiger partial charge in [-0.05, 0) is 24.2 Å². The highest BCUT2D eigenvalue weighted by Gasteiger charge is 2.45. The van der Waals surface area contributed by atoms with Gasteiger partial charge in [0.25, 0.3) is 0 Å². The highest BCUT2D eigenvalue weighted by molar-refractivity contribution is 5.78. The second kappa shape index (κ2) is 5.18. The van der Waals surface area contributed by atoms with E-state index in [1.807, 2.05) is 0 Å². The van der Waals surface area contributed by atoms with E-state index in [0.29, 0.717) is 24.4 Å². The molecule has 0 aliphatic heterocycles. The monoisotopic (exact) mass is 208 g/mol. The summed E-state index contributed by atoms with van der Waals surface area (Å²) in [6.45, 7) is 6.01. The summed E-state index contributed by atoms with van der Waals surface area (Å²) in [6.07, 6.45) is 7.54. The molecule has 0 aromatic heterocycles. The Bertz CT molecular complexity index is 261. The minimum atomic E-state index is 0.0391. The zero-order chi connectivity index (χ0) is 11.3. The van der Waals surface area contributed by atoms with E-state index >= 15 is 0 Å². The van der Waals surface area contributed by atoms with Gasteiger partial charge in [-0.15, -0.1) is 6.42 Å². The second-order valence-corrected chi connectivity index (χ2v) is 4.60. The van der Waals surface area contributed by atoms with Gasteiger partial charge < -0.3 is 5.32 Å². The summed E-state index contributed by atoms with van der Waals surface area (Å²) >= 11 is 0. The smallest absolute Gasteiger partial charge is 0.234 e. The van der Waals surface area contributed by atoms with Crippen LogP contribution in [0.1, 0.15) is 26.7 Å². The standard InChI is InChI=1S/C12H20N2O/c1-4-7-13-8-11(15)14-9-12(5-6-12)10(2)3/h1,10,13H,5-9H2,2-3H3,(H,14,15). The van der Waals surface area contributed by atoms with Crippen LogP contribution in [0, 0.1) is 23.7 Å². The molecule has 2 N–H and O–H groups in total. The van der Waals surface area contributed by atoms with Crippen molar-refractivity contribution in [1.82, 2.24) is 10.6 Å². The number of amides is 1. The number of hydrogen-bond acceptors (Lipinski definition) is 2. The lowest BCUT2D eigenvalue weighted by Crippen LogP contribution is -2.38. The molecule has 0 bridgehead atoms. The first-order valence-corrected chi connectivity index (χ1v) is 5.51. The van der Waals surface area contributed by atoms with Gasteiger partial charge in [-0.3, -0.25) is 10.1 Å². The SMILES string of the molecule is C#CCNCC(=O)NCC1(C(C)C)CC1. The van der Waals surface area contributed by atoms with Crippen LogP contribution >= 0.6 is 0 Å². The van der Waals surface area contributed by atoms with Crippen LogP contribution in [0.25, 0.3) is 0 Å². The van der Waals surface area contributed by atoms with Gasteiger partial charge in [-0.2, -0.15) is 0 Å². The first-order valence-electron chi connectivity index (χ1n) is 5.51. The van der Waals surface area contributed by atoms with Crippen LogP contribution in [-0.4, -0.2) is 25.5 Å². The van der Waals surface area contributed by atoms with Crippen molar-refractivity contribution in [1.29, 1.82) is 0 Å². The average molecular weight is 208 g/mol. The van der Waals surface area contributed by atoms with Crippen molar-refractivity contribution < 1.29 is 4.79 Å². The van der Waals surface area contributed by atoms with Crippen molar-refractivity contribution in [2.75, 3.05) is 19.6 Å². The van der Waals surface area contributed by atoms with Crippen LogP contribution in [0.5, 0.6) is 0 Å². The van der Waals surface area contributed by atoms with E-state index in [1.54, 1.807) is 0 Å². The van der Waals surface area contributed by atoms with Crippen LogP contribution in [-0.2, 0) is 4.79 Å². The van der Waals surface area contributed by atoms with E-state index in [0.717, 1.165) is 6.54 Å². The van der Waals surface area contributed by atoms with Gasteiger partial charge in [0.15, 0.2) is 0 Å². The van der Waals surface area contributed by atoms with Crippen molar-refractivity contribution in [2.24, 2.45) is 11.3 Å². The van der Waals surface area contributed by atoms with E-state index in [-0.39, 0.29) is 5.91 Å². The molecule has 0 aromatic rings. The third kappa shape index (κ3) is 3.56. The molecule has 0 atom stereocenters. The summed E-state index contributed by atoms with van der Waals surface area (Å²) < 4.78 is 0. The number of hydrogen-bond donors (Lipinski definition) is 2. The Morgan fingerprint density at radius 2 is 2.20 bits per heavy atom. The highest BCUT2D eigenvalue weighted by atomic mass is 16.1. The molecule has 0 radical (unpaired) electrons. The fourth-order valence-electron chi connectivity index (χ4n) is 1.70. The fraction of sp³-hybridized carbons (Fsp3) is 0.750. The quantitative estimate of drug-likeness (QED) is 0.500. The number of carbonyl (C=O) groups excluding carboxylic acids is 1. The minimum Gasteiger partial charge on any atom is -0.354 e. The molecule has 84 valence electrons. The normalized spacial score (nSPS) is 17.2. The van der Waals surface area contributed by atoms with Gasteiger partial charge in [0.1, 0.15) is 0 Å². The molecule has 3 nitrogen and oxygen atoms in total. The topological polar surface area (TPSA) is 41.1 Å². The average Bonchev–Trinajstić information content (AvgIpc) is 2.96. The van der Waals surface area contributed by atoms with Gasteiger partial charge in [0, 0.05) is 6.54 Å². The maximum atomic E-state index is 11.4. The van der Waals surface area contributed by atoms with Crippen molar-refractivity contribution in [3.8, 4) is 12.3 Å². The van der Waals surface area contributed by atoms with Gasteiger partial charge >= 0.3 is 0 Å². The van der Waals surface area contributed by atoms with Gasteiger partial charge in [0.05, 0.1) is 13.1 Å². The lowest BCUT2D eigenvalue weighted by atomic mass is 9.92. The Labute approximate surface area is 92.0 Å². The predicted octanol–water partition coefficient (Wildman–Crippen LogP) is 0.762. The van der Waals surface area contributed by atoms with Crippen molar-refractivity contribution in [2.45, 2.75) is 26.7 Å². The Kier molecular flexibility index (Phi) is 4.16. The zero-order valence-corrected chi connectivity index (χ0v) is 9.60. The van der Waals surface area contributed by atoms with Crippen molar-refractivity contribution >= 4 is 5.91 Å². The maximum absolute atomic E-state index is 11.4. The molecule has 1 aliphatic rings. The molecular weight excluding hydrogens is 188 g/mol. The lowest BCUT2D eigenvalue weighted by Gasteiger charge is -2.19. The molecule has 0 saturated heterocycles. The first kappa shape index (κ1) is 12.1. The molecule has 0 spiro atoms. The number of rotatable bonds is 6. The molecule has 1 saturated carbocycles. The molecule has 15 heavy (non-hydrogen) atoms. The Morgan fingerprint density at radius 1 is 1.53 bits per heavy atom. The van der Waals surface area contributed by atoms with E-state index < -0.39 is 0 Å². The number of carbonyl (C=O) groups is 1. The molecule has 3 heteroatoms. The van der Waals surface area contributed by atoms with E-state index in [1.165, 1.54) is 12.8 Å². The van der Waals surface area contributed by atoms with Crippen molar-refractivity contribution in [3.63, 3.8) is 0 Å². The first-order chi connectivity index (χ1) is 7.10. The summed E-state index contributed by atoms with van der Waals surface area (Å²) in [5, 5.41) is 5.83. The van der Waals surface area contributed by atoms with Gasteiger partial charge in [0.2, 0.25) is 5.91 Å². The summed E-state index contributed by atoms with van der Waals surface area (Å²) in [4.78, 5) is 11.4. The van der Waals surface area contributed by atoms with Crippen LogP contribution in [0.15, 0.2) is 0 Å². The zero-order valence-electron chi connectivity index (χ0n) is 9.60. The van der Waals surface area contributed by atoms with Crippen LogP contribution in [0.2, 0.25) is 0 Å². The lowest BCUT2D eigenvalue weighted by molar-refractivity contribution is -0.120. The van der Waals surface area contributed by atoms with E-state index in [9.17, 15) is 4.79 Å². The molecule has 0 unspecified atom stereocenters. The minimum absolute atomic E-state index is 0.0391. The molecule has 0 heterocycles. The van der Waals surface area contributed by atoms with Crippen LogP contribution < -0.4 is 10.6 Å². The van der Waals surface area contributed by atoms with Gasteiger partial charge in [-0.25, -0.2) is 0 Å². The fourth-order valence-corrected chi connectivity index (χ4v) is 1.70. The molecule has 0 aromatic carbocycles. The molecular formula is C12H20N2O. The van der Waals surface area contributed by atoms with Crippen molar-refractivity contribution in [3.05, 3.63) is 0 Å². The molecule has 1 rings (SSSR count). The maximum Gasteiger partial charge on any atom is 0.234 e. The summed E-state index contributed by atoms with van der Waals surface area (Å²) in [5.41, 5.74) is 0.377. The van der Waals surface area contributed by atoms with E-state index in [4.69, 9.17) is 6.42 Å². The number of nitrogens with one attached hydrogen (secondary N) is 2. The van der Waals surface area contributed by atoms with E-state index in [2.05, 4.69) is 30.4 Å². The highest BCUT2D eigenvalue weighted by Crippen LogP contribution is 2.51. The largest absolute Gasteiger partial charge is 0.354 e. The van der Waals surface area contributed by atoms with Crippen LogP contribution in [0.4, 0.5) is 0 Å². The predicted molar refractivity (Wildman–Crippen MR) is 61.2 cm³/mol. The molecule has 1 fully saturated rings. The molecule has 1 aliphatic carbocycles. The van der Waals surface area contributed by atoms with Gasteiger partial charge in [-0.1, -0.05) is 19.8 Å². The summed E-state index contributed by atoms with van der Waals surface area (Å²) in [6, 6.07) is 0.